The fourth-order valence-corrected chi connectivity index (χ4v) is 1.11. The Morgan fingerprint density at radius 3 is 2.57 bits per heavy atom. The Morgan fingerprint density at radius 1 is 1.50 bits per heavy atom. The fourth-order valence-electron chi connectivity index (χ4n) is 1.11. The van der Waals surface area contributed by atoms with Gasteiger partial charge in [-0.15, -0.1) is 0 Å². The van der Waals surface area contributed by atoms with Gasteiger partial charge in [0.25, 0.3) is 0 Å². The lowest BCUT2D eigenvalue weighted by atomic mass is 10.2. The number of carboxylic acid groups (broad SMARTS) is 1. The van der Waals surface area contributed by atoms with E-state index in [2.05, 4.69) is 10.6 Å². The number of carbonyl (C=O) groups is 2. The van der Waals surface area contributed by atoms with Gasteiger partial charge in [0.05, 0.1) is 0 Å². The maximum Gasteiger partial charge on any atom is 0.326 e. The van der Waals surface area contributed by atoms with Crippen LogP contribution in [0.1, 0.15) is 26.2 Å². The maximum atomic E-state index is 11.2. The zero-order chi connectivity index (χ0) is 10.6. The summed E-state index contributed by atoms with van der Waals surface area (Å²) in [4.78, 5) is 21.7. The molecule has 1 aliphatic carbocycles. The standard InChI is InChI=1S/C9H16N2O3/c1-2-7(8(12)13)11-9(14)10-5-6-3-4-6/h6-7H,2-5H2,1H3,(H,12,13)(H2,10,11,14)/t7-/m1/s1. The Labute approximate surface area is 82.9 Å². The minimum Gasteiger partial charge on any atom is -0.480 e. The van der Waals surface area contributed by atoms with Crippen LogP contribution in [-0.2, 0) is 4.79 Å². The van der Waals surface area contributed by atoms with Gasteiger partial charge in [-0.05, 0) is 25.2 Å². The molecule has 0 aromatic heterocycles. The molecule has 0 spiro atoms. The number of amides is 2. The number of hydrogen-bond acceptors (Lipinski definition) is 2. The number of rotatable bonds is 5. The number of nitrogens with one attached hydrogen (secondary N) is 2. The number of carbonyl (C=O) groups excluding carboxylic acids is 1. The molecule has 5 nitrogen and oxygen atoms in total. The van der Waals surface area contributed by atoms with Crippen molar-refractivity contribution in [2.75, 3.05) is 6.54 Å². The summed E-state index contributed by atoms with van der Waals surface area (Å²) in [6.07, 6.45) is 2.72. The highest BCUT2D eigenvalue weighted by atomic mass is 16.4. The predicted octanol–water partition coefficient (Wildman–Crippen LogP) is 0.559. The second-order valence-corrected chi connectivity index (χ2v) is 3.60. The normalized spacial score (nSPS) is 17.2. The van der Waals surface area contributed by atoms with E-state index in [9.17, 15) is 9.59 Å². The van der Waals surface area contributed by atoms with Crippen LogP contribution < -0.4 is 10.6 Å². The van der Waals surface area contributed by atoms with Crippen molar-refractivity contribution >= 4 is 12.0 Å². The Kier molecular flexibility index (Phi) is 3.73. The second kappa shape index (κ2) is 4.83. The Bertz CT molecular complexity index is 226. The quantitative estimate of drug-likeness (QED) is 0.606. The molecule has 0 bridgehead atoms. The molecular weight excluding hydrogens is 184 g/mol. The summed E-state index contributed by atoms with van der Waals surface area (Å²) >= 11 is 0. The minimum atomic E-state index is -0.992. The van der Waals surface area contributed by atoms with Gasteiger partial charge in [-0.1, -0.05) is 6.92 Å². The van der Waals surface area contributed by atoms with Crippen LogP contribution in [0.5, 0.6) is 0 Å². The van der Waals surface area contributed by atoms with Crippen LogP contribution in [0.2, 0.25) is 0 Å². The minimum absolute atomic E-state index is 0.383. The van der Waals surface area contributed by atoms with Crippen molar-refractivity contribution in [3.8, 4) is 0 Å². The summed E-state index contributed by atoms with van der Waals surface area (Å²) < 4.78 is 0. The van der Waals surface area contributed by atoms with Gasteiger partial charge in [0, 0.05) is 6.54 Å². The van der Waals surface area contributed by atoms with Crippen LogP contribution in [0.15, 0.2) is 0 Å². The number of aliphatic carboxylic acids is 1. The molecule has 1 fully saturated rings. The third-order valence-corrected chi connectivity index (χ3v) is 2.26. The predicted molar refractivity (Wildman–Crippen MR) is 51.0 cm³/mol. The molecule has 0 aromatic rings. The first-order chi connectivity index (χ1) is 6.63. The summed E-state index contributed by atoms with van der Waals surface area (Å²) in [5.74, 6) is -0.389. The number of urea groups is 1. The molecule has 3 N–H and O–H groups in total. The SMILES string of the molecule is CC[C@@H](NC(=O)NCC1CC1)C(=O)O. The van der Waals surface area contributed by atoms with Gasteiger partial charge in [0.2, 0.25) is 0 Å². The van der Waals surface area contributed by atoms with Crippen LogP contribution in [0, 0.1) is 5.92 Å². The van der Waals surface area contributed by atoms with Crippen LogP contribution >= 0.6 is 0 Å². The van der Waals surface area contributed by atoms with Gasteiger partial charge in [-0.25, -0.2) is 9.59 Å². The Hall–Kier alpha value is -1.26. The fraction of sp³-hybridized carbons (Fsp3) is 0.778. The van der Waals surface area contributed by atoms with Crippen molar-refractivity contribution in [2.45, 2.75) is 32.2 Å². The van der Waals surface area contributed by atoms with Gasteiger partial charge in [-0.3, -0.25) is 0 Å². The van der Waals surface area contributed by atoms with Crippen LogP contribution in [0.3, 0.4) is 0 Å². The first kappa shape index (κ1) is 10.8. The van der Waals surface area contributed by atoms with Crippen molar-refractivity contribution in [1.29, 1.82) is 0 Å². The molecule has 1 saturated carbocycles. The van der Waals surface area contributed by atoms with Gasteiger partial charge in [0.1, 0.15) is 6.04 Å². The molecule has 0 aromatic carbocycles. The zero-order valence-electron chi connectivity index (χ0n) is 8.25. The third-order valence-electron chi connectivity index (χ3n) is 2.26. The molecule has 1 aliphatic rings. The maximum absolute atomic E-state index is 11.2. The van der Waals surface area contributed by atoms with Gasteiger partial charge >= 0.3 is 12.0 Å². The summed E-state index contributed by atoms with van der Waals surface area (Å²) in [5, 5.41) is 13.7. The summed E-state index contributed by atoms with van der Waals surface area (Å²) in [5.41, 5.74) is 0. The first-order valence-electron chi connectivity index (χ1n) is 4.90. The molecule has 5 heteroatoms. The van der Waals surface area contributed by atoms with Crippen LogP contribution in [0.4, 0.5) is 4.79 Å². The van der Waals surface area contributed by atoms with Crippen molar-refractivity contribution in [1.82, 2.24) is 10.6 Å². The van der Waals surface area contributed by atoms with Gasteiger partial charge in [0.15, 0.2) is 0 Å². The second-order valence-electron chi connectivity index (χ2n) is 3.60. The van der Waals surface area contributed by atoms with Crippen LogP contribution in [0.25, 0.3) is 0 Å². The van der Waals surface area contributed by atoms with Crippen molar-refractivity contribution in [3.05, 3.63) is 0 Å². The molecule has 80 valence electrons. The molecule has 1 atom stereocenters. The molecule has 14 heavy (non-hydrogen) atoms. The van der Waals surface area contributed by atoms with E-state index in [1.165, 1.54) is 0 Å². The molecule has 0 unspecified atom stereocenters. The molecule has 0 aliphatic heterocycles. The average molecular weight is 200 g/mol. The molecule has 2 amide bonds. The monoisotopic (exact) mass is 200 g/mol. The summed E-state index contributed by atoms with van der Waals surface area (Å²) in [6.45, 7) is 2.38. The lowest BCUT2D eigenvalue weighted by Gasteiger charge is -2.12. The molecular formula is C9H16N2O3. The highest BCUT2D eigenvalue weighted by Crippen LogP contribution is 2.27. The Morgan fingerprint density at radius 2 is 2.14 bits per heavy atom. The molecule has 1 rings (SSSR count). The average Bonchev–Trinajstić information content (AvgIpc) is 2.93. The number of hydrogen-bond donors (Lipinski definition) is 3. The van der Waals surface area contributed by atoms with E-state index in [-0.39, 0.29) is 6.03 Å². The smallest absolute Gasteiger partial charge is 0.326 e. The highest BCUT2D eigenvalue weighted by molar-refractivity contribution is 5.82. The van der Waals surface area contributed by atoms with E-state index >= 15 is 0 Å². The molecule has 0 heterocycles. The van der Waals surface area contributed by atoms with E-state index in [1.807, 2.05) is 0 Å². The van der Waals surface area contributed by atoms with E-state index in [4.69, 9.17) is 5.11 Å². The highest BCUT2D eigenvalue weighted by Gasteiger charge is 2.23. The Balaban J connectivity index is 2.19. The van der Waals surface area contributed by atoms with Gasteiger partial charge in [-0.2, -0.15) is 0 Å². The first-order valence-corrected chi connectivity index (χ1v) is 4.90. The molecule has 0 radical (unpaired) electrons. The lowest BCUT2D eigenvalue weighted by molar-refractivity contribution is -0.139. The third kappa shape index (κ3) is 3.64. The topological polar surface area (TPSA) is 78.4 Å². The van der Waals surface area contributed by atoms with E-state index in [0.717, 1.165) is 12.8 Å². The van der Waals surface area contributed by atoms with E-state index in [0.29, 0.717) is 18.9 Å². The van der Waals surface area contributed by atoms with Crippen LogP contribution in [-0.4, -0.2) is 29.7 Å². The van der Waals surface area contributed by atoms with E-state index < -0.39 is 12.0 Å². The molecule has 0 saturated heterocycles. The zero-order valence-corrected chi connectivity index (χ0v) is 8.25. The van der Waals surface area contributed by atoms with Crippen molar-refractivity contribution in [2.24, 2.45) is 5.92 Å². The van der Waals surface area contributed by atoms with Crippen molar-refractivity contribution < 1.29 is 14.7 Å². The number of carboxylic acids is 1. The largest absolute Gasteiger partial charge is 0.480 e. The van der Waals surface area contributed by atoms with E-state index in [1.54, 1.807) is 6.92 Å². The summed E-state index contributed by atoms with van der Waals surface area (Å²) in [6, 6.07) is -1.17. The van der Waals surface area contributed by atoms with Crippen molar-refractivity contribution in [3.63, 3.8) is 0 Å². The lowest BCUT2D eigenvalue weighted by Crippen LogP contribution is -2.46. The summed E-state index contributed by atoms with van der Waals surface area (Å²) in [7, 11) is 0. The van der Waals surface area contributed by atoms with Gasteiger partial charge < -0.3 is 15.7 Å².